The van der Waals surface area contributed by atoms with Crippen molar-refractivity contribution in [3.8, 4) is 17.2 Å². The lowest BCUT2D eigenvalue weighted by Crippen LogP contribution is -2.29. The number of hydrogen-bond donors (Lipinski definition) is 1. The van der Waals surface area contributed by atoms with Crippen LogP contribution in [0.1, 0.15) is 22.7 Å². The van der Waals surface area contributed by atoms with Crippen LogP contribution in [0.25, 0.3) is 16.0 Å². The molecular formula is C28H24N2O6S. The zero-order valence-corrected chi connectivity index (χ0v) is 21.5. The molecule has 5 rings (SSSR count). The summed E-state index contributed by atoms with van der Waals surface area (Å²) < 4.78 is 17.4. The maximum Gasteiger partial charge on any atom is 0.301 e. The molecule has 9 heteroatoms. The van der Waals surface area contributed by atoms with Gasteiger partial charge >= 0.3 is 5.91 Å². The average Bonchev–Trinajstić information content (AvgIpc) is 3.45. The van der Waals surface area contributed by atoms with Crippen molar-refractivity contribution in [1.29, 1.82) is 0 Å². The Kier molecular flexibility index (Phi) is 6.31. The SMILES string of the molecule is COc1cc([C@H]2C(=C(O)c3ccccc3)C(=O)C(=O)N2c2nc3ccc(C)cc3s2)cc(OC)c1OC. The number of aryl methyl sites for hydroxylation is 1. The van der Waals surface area contributed by atoms with E-state index in [-0.39, 0.29) is 11.3 Å². The van der Waals surface area contributed by atoms with Crippen molar-refractivity contribution in [2.24, 2.45) is 0 Å². The number of benzene rings is 3. The molecule has 8 nitrogen and oxygen atoms in total. The summed E-state index contributed by atoms with van der Waals surface area (Å²) in [6.45, 7) is 1.97. The Morgan fingerprint density at radius 3 is 2.24 bits per heavy atom. The molecule has 0 unspecified atom stereocenters. The maximum absolute atomic E-state index is 13.5. The van der Waals surface area contributed by atoms with Crippen LogP contribution in [0.4, 0.5) is 5.13 Å². The Morgan fingerprint density at radius 1 is 0.946 bits per heavy atom. The highest BCUT2D eigenvalue weighted by molar-refractivity contribution is 7.22. The predicted octanol–water partition coefficient (Wildman–Crippen LogP) is 5.26. The van der Waals surface area contributed by atoms with Gasteiger partial charge in [-0.15, -0.1) is 0 Å². The van der Waals surface area contributed by atoms with Gasteiger partial charge in [0.05, 0.1) is 43.2 Å². The number of ketones is 1. The fraction of sp³-hybridized carbons (Fsp3) is 0.179. The highest BCUT2D eigenvalue weighted by atomic mass is 32.1. The van der Waals surface area contributed by atoms with Crippen molar-refractivity contribution in [2.45, 2.75) is 13.0 Å². The van der Waals surface area contributed by atoms with Crippen LogP contribution in [0.2, 0.25) is 0 Å². The minimum atomic E-state index is -0.990. The fourth-order valence-corrected chi connectivity index (χ4v) is 5.57. The first-order valence-corrected chi connectivity index (χ1v) is 12.2. The molecule has 0 spiro atoms. The number of nitrogens with zero attached hydrogens (tertiary/aromatic N) is 2. The number of aromatic nitrogens is 1. The summed E-state index contributed by atoms with van der Waals surface area (Å²) in [5.41, 5.74) is 2.61. The molecule has 1 aliphatic heterocycles. The lowest BCUT2D eigenvalue weighted by molar-refractivity contribution is -0.132. The Bertz CT molecular complexity index is 1530. The van der Waals surface area contributed by atoms with Gasteiger partial charge in [-0.05, 0) is 42.3 Å². The monoisotopic (exact) mass is 516 g/mol. The quantitative estimate of drug-likeness (QED) is 0.212. The molecule has 0 aliphatic carbocycles. The van der Waals surface area contributed by atoms with E-state index in [1.54, 1.807) is 42.5 Å². The minimum absolute atomic E-state index is 0.0547. The predicted molar refractivity (Wildman–Crippen MR) is 142 cm³/mol. The number of rotatable bonds is 6. The van der Waals surface area contributed by atoms with E-state index >= 15 is 0 Å². The number of Topliss-reactive ketones (excluding diaryl/α,β-unsaturated/α-hetero) is 1. The van der Waals surface area contributed by atoms with E-state index in [1.807, 2.05) is 25.1 Å². The van der Waals surface area contributed by atoms with Crippen LogP contribution in [-0.4, -0.2) is 43.1 Å². The topological polar surface area (TPSA) is 98.2 Å². The first kappa shape index (κ1) is 24.3. The number of thiazole rings is 1. The summed E-state index contributed by atoms with van der Waals surface area (Å²) in [6.07, 6.45) is 0. The highest BCUT2D eigenvalue weighted by Crippen LogP contribution is 2.48. The third kappa shape index (κ3) is 4.07. The van der Waals surface area contributed by atoms with Gasteiger partial charge in [0.1, 0.15) is 5.76 Å². The van der Waals surface area contributed by atoms with Crippen LogP contribution >= 0.6 is 11.3 Å². The van der Waals surface area contributed by atoms with Crippen LogP contribution in [0.15, 0.2) is 66.2 Å². The third-order valence-corrected chi connectivity index (χ3v) is 7.25. The van der Waals surface area contributed by atoms with E-state index in [4.69, 9.17) is 14.2 Å². The molecule has 2 heterocycles. The van der Waals surface area contributed by atoms with Crippen LogP contribution in [0.5, 0.6) is 17.2 Å². The number of fused-ring (bicyclic) bond motifs is 1. The van der Waals surface area contributed by atoms with Crippen LogP contribution in [0, 0.1) is 6.92 Å². The van der Waals surface area contributed by atoms with E-state index in [2.05, 4.69) is 4.98 Å². The summed E-state index contributed by atoms with van der Waals surface area (Å²) >= 11 is 1.30. The molecule has 188 valence electrons. The number of aliphatic hydroxyl groups is 1. The Hall–Kier alpha value is -4.37. The van der Waals surface area contributed by atoms with Crippen molar-refractivity contribution in [3.63, 3.8) is 0 Å². The second-order valence-corrected chi connectivity index (χ2v) is 9.47. The number of hydrogen-bond acceptors (Lipinski definition) is 8. The molecule has 1 N–H and O–H groups in total. The zero-order chi connectivity index (χ0) is 26.3. The minimum Gasteiger partial charge on any atom is -0.507 e. The van der Waals surface area contributed by atoms with E-state index in [0.29, 0.717) is 39.0 Å². The molecule has 37 heavy (non-hydrogen) atoms. The second kappa shape index (κ2) is 9.59. The first-order chi connectivity index (χ1) is 17.9. The van der Waals surface area contributed by atoms with Gasteiger partial charge in [-0.25, -0.2) is 4.98 Å². The number of methoxy groups -OCH3 is 3. The smallest absolute Gasteiger partial charge is 0.301 e. The van der Waals surface area contributed by atoms with Crippen molar-refractivity contribution in [1.82, 2.24) is 4.98 Å². The number of carbonyl (C=O) groups is 2. The number of ether oxygens (including phenoxy) is 3. The van der Waals surface area contributed by atoms with E-state index in [0.717, 1.165) is 10.3 Å². The lowest BCUT2D eigenvalue weighted by atomic mass is 9.95. The van der Waals surface area contributed by atoms with E-state index in [1.165, 1.54) is 37.6 Å². The van der Waals surface area contributed by atoms with Gasteiger partial charge in [-0.2, -0.15) is 0 Å². The first-order valence-electron chi connectivity index (χ1n) is 11.4. The number of amides is 1. The molecule has 1 saturated heterocycles. The van der Waals surface area contributed by atoms with E-state index in [9.17, 15) is 14.7 Å². The molecule has 0 saturated carbocycles. The lowest BCUT2D eigenvalue weighted by Gasteiger charge is -2.24. The maximum atomic E-state index is 13.5. The van der Waals surface area contributed by atoms with E-state index < -0.39 is 17.7 Å². The van der Waals surface area contributed by atoms with Gasteiger partial charge < -0.3 is 19.3 Å². The number of aliphatic hydroxyl groups excluding tert-OH is 1. The van der Waals surface area contributed by atoms with Gasteiger partial charge in [0.15, 0.2) is 16.6 Å². The van der Waals surface area contributed by atoms with Gasteiger partial charge in [-0.3, -0.25) is 14.5 Å². The molecule has 1 aromatic heterocycles. The summed E-state index contributed by atoms with van der Waals surface area (Å²) in [5, 5.41) is 11.7. The van der Waals surface area contributed by atoms with Crippen molar-refractivity contribution in [2.75, 3.05) is 26.2 Å². The molecule has 4 aromatic rings. The normalized spacial score (nSPS) is 16.9. The summed E-state index contributed by atoms with van der Waals surface area (Å²) in [4.78, 5) is 33.0. The van der Waals surface area contributed by atoms with Gasteiger partial charge in [0.25, 0.3) is 5.78 Å². The summed E-state index contributed by atoms with van der Waals surface area (Å²) in [5.74, 6) is -0.812. The molecular weight excluding hydrogens is 492 g/mol. The number of carbonyl (C=O) groups excluding carboxylic acids is 2. The molecule has 1 atom stereocenters. The summed E-state index contributed by atoms with van der Waals surface area (Å²) in [7, 11) is 4.46. The molecule has 0 bridgehead atoms. The third-order valence-electron chi connectivity index (χ3n) is 6.23. The molecule has 0 radical (unpaired) electrons. The van der Waals surface area contributed by atoms with Gasteiger partial charge in [0, 0.05) is 5.56 Å². The van der Waals surface area contributed by atoms with Gasteiger partial charge in [0.2, 0.25) is 5.75 Å². The molecule has 1 fully saturated rings. The molecule has 1 aliphatic rings. The van der Waals surface area contributed by atoms with Crippen LogP contribution in [-0.2, 0) is 9.59 Å². The highest BCUT2D eigenvalue weighted by Gasteiger charge is 2.48. The Labute approximate surface area is 217 Å². The van der Waals surface area contributed by atoms with Gasteiger partial charge in [-0.1, -0.05) is 47.7 Å². The van der Waals surface area contributed by atoms with Crippen LogP contribution < -0.4 is 19.1 Å². The Balaban J connectivity index is 1.79. The zero-order valence-electron chi connectivity index (χ0n) is 20.6. The Morgan fingerprint density at radius 2 is 1.62 bits per heavy atom. The van der Waals surface area contributed by atoms with Crippen molar-refractivity contribution < 1.29 is 28.9 Å². The van der Waals surface area contributed by atoms with Crippen molar-refractivity contribution in [3.05, 3.63) is 82.9 Å². The number of anilines is 1. The average molecular weight is 517 g/mol. The second-order valence-electron chi connectivity index (χ2n) is 8.46. The van der Waals surface area contributed by atoms with Crippen LogP contribution in [0.3, 0.4) is 0 Å². The molecule has 1 amide bonds. The summed E-state index contributed by atoms with van der Waals surface area (Å²) in [6, 6.07) is 16.8. The standard InChI is InChI=1S/C28H24N2O6S/c1-15-10-11-18-21(12-15)37-28(29-18)30-23(17-13-19(34-2)26(36-4)20(14-17)35-3)22(25(32)27(30)33)24(31)16-8-6-5-7-9-16/h5-14,23,31H,1-4H3/t23-/m0/s1. The van der Waals surface area contributed by atoms with Crippen molar-refractivity contribution >= 4 is 44.1 Å². The largest absolute Gasteiger partial charge is 0.507 e. The molecule has 3 aromatic carbocycles. The fourth-order valence-electron chi connectivity index (χ4n) is 4.48.